The third-order valence-corrected chi connectivity index (χ3v) is 2.26. The Bertz CT molecular complexity index is 541. The summed E-state index contributed by atoms with van der Waals surface area (Å²) in [5.74, 6) is 0.478. The van der Waals surface area contributed by atoms with Crippen molar-refractivity contribution in [1.82, 2.24) is 15.0 Å². The molecule has 0 aliphatic heterocycles. The Labute approximate surface area is 105 Å². The van der Waals surface area contributed by atoms with Crippen LogP contribution in [0, 0.1) is 0 Å². The number of rotatable bonds is 3. The predicted octanol–water partition coefficient (Wildman–Crippen LogP) is 1.19. The predicted molar refractivity (Wildman–Crippen MR) is 68.5 cm³/mol. The molecule has 0 aromatic carbocycles. The van der Waals surface area contributed by atoms with Crippen LogP contribution in [0.3, 0.4) is 0 Å². The highest BCUT2D eigenvalue weighted by Gasteiger charge is 2.08. The van der Waals surface area contributed by atoms with Crippen molar-refractivity contribution in [2.45, 2.75) is 0 Å². The lowest BCUT2D eigenvalue weighted by Gasteiger charge is -2.12. The molecule has 2 aromatic rings. The number of pyridine rings is 1. The summed E-state index contributed by atoms with van der Waals surface area (Å²) in [5, 5.41) is 2.75. The van der Waals surface area contributed by atoms with E-state index >= 15 is 0 Å². The molecule has 0 fully saturated rings. The molecule has 1 N–H and O–H groups in total. The van der Waals surface area contributed by atoms with Crippen molar-refractivity contribution < 1.29 is 4.79 Å². The first-order valence-electron chi connectivity index (χ1n) is 5.37. The fourth-order valence-corrected chi connectivity index (χ4v) is 1.35. The molecule has 92 valence electrons. The number of anilines is 2. The average Bonchev–Trinajstić information content (AvgIpc) is 2.40. The molecule has 6 heteroatoms. The van der Waals surface area contributed by atoms with Gasteiger partial charge in [0.05, 0.1) is 6.20 Å². The summed E-state index contributed by atoms with van der Waals surface area (Å²) in [6.45, 7) is 0. The van der Waals surface area contributed by atoms with Gasteiger partial charge in [-0.15, -0.1) is 0 Å². The quantitative estimate of drug-likeness (QED) is 0.876. The molecule has 1 amide bonds. The molecule has 0 aliphatic carbocycles. The Kier molecular flexibility index (Phi) is 3.47. The van der Waals surface area contributed by atoms with Crippen LogP contribution in [0.2, 0.25) is 0 Å². The van der Waals surface area contributed by atoms with Gasteiger partial charge in [-0.1, -0.05) is 0 Å². The number of hydrogen-bond donors (Lipinski definition) is 1. The molecule has 0 unspecified atom stereocenters. The van der Waals surface area contributed by atoms with E-state index in [1.165, 1.54) is 18.6 Å². The summed E-state index contributed by atoms with van der Waals surface area (Å²) in [6.07, 6.45) is 6.06. The summed E-state index contributed by atoms with van der Waals surface area (Å²) in [4.78, 5) is 25.7. The zero-order valence-electron chi connectivity index (χ0n) is 10.2. The van der Waals surface area contributed by atoms with Crippen LogP contribution in [-0.2, 0) is 0 Å². The minimum atomic E-state index is -0.293. The van der Waals surface area contributed by atoms with Crippen LogP contribution in [0.15, 0.2) is 36.9 Å². The van der Waals surface area contributed by atoms with E-state index in [2.05, 4.69) is 20.3 Å². The highest BCUT2D eigenvalue weighted by Crippen LogP contribution is 2.14. The number of carbonyl (C=O) groups excluding carboxylic acids is 1. The van der Waals surface area contributed by atoms with Crippen molar-refractivity contribution in [2.75, 3.05) is 24.3 Å². The van der Waals surface area contributed by atoms with E-state index in [1.54, 1.807) is 18.3 Å². The Morgan fingerprint density at radius 3 is 2.72 bits per heavy atom. The Balaban J connectivity index is 2.15. The smallest absolute Gasteiger partial charge is 0.275 e. The van der Waals surface area contributed by atoms with Crippen LogP contribution in [0.4, 0.5) is 11.5 Å². The molecule has 2 rings (SSSR count). The molecule has 0 saturated carbocycles. The first kappa shape index (κ1) is 12.0. The van der Waals surface area contributed by atoms with Gasteiger partial charge in [-0.05, 0) is 6.07 Å². The third-order valence-electron chi connectivity index (χ3n) is 2.26. The fraction of sp³-hybridized carbons (Fsp3) is 0.167. The van der Waals surface area contributed by atoms with Gasteiger partial charge in [-0.2, -0.15) is 0 Å². The number of nitrogens with one attached hydrogen (secondary N) is 1. The maximum absolute atomic E-state index is 11.8. The molecular weight excluding hydrogens is 230 g/mol. The van der Waals surface area contributed by atoms with Crippen molar-refractivity contribution in [1.29, 1.82) is 0 Å². The second-order valence-corrected chi connectivity index (χ2v) is 3.84. The molecule has 0 spiro atoms. The molecular formula is C12H13N5O. The average molecular weight is 243 g/mol. The van der Waals surface area contributed by atoms with Gasteiger partial charge in [0.2, 0.25) is 0 Å². The van der Waals surface area contributed by atoms with Gasteiger partial charge >= 0.3 is 0 Å². The van der Waals surface area contributed by atoms with Gasteiger partial charge in [-0.25, -0.2) is 9.97 Å². The second kappa shape index (κ2) is 5.22. The number of amides is 1. The topological polar surface area (TPSA) is 71.0 Å². The maximum atomic E-state index is 11.8. The van der Waals surface area contributed by atoms with E-state index in [0.717, 1.165) is 5.82 Å². The minimum absolute atomic E-state index is 0.278. The number of aromatic nitrogens is 3. The van der Waals surface area contributed by atoms with Crippen LogP contribution < -0.4 is 10.2 Å². The summed E-state index contributed by atoms with van der Waals surface area (Å²) >= 11 is 0. The number of carbonyl (C=O) groups is 1. The second-order valence-electron chi connectivity index (χ2n) is 3.84. The Hall–Kier alpha value is -2.50. The summed E-state index contributed by atoms with van der Waals surface area (Å²) in [7, 11) is 3.77. The van der Waals surface area contributed by atoms with Gasteiger partial charge in [0, 0.05) is 44.4 Å². The first-order chi connectivity index (χ1) is 8.66. The zero-order valence-corrected chi connectivity index (χ0v) is 10.2. The van der Waals surface area contributed by atoms with Crippen molar-refractivity contribution in [3.63, 3.8) is 0 Å². The van der Waals surface area contributed by atoms with E-state index in [9.17, 15) is 4.79 Å². The van der Waals surface area contributed by atoms with E-state index in [0.29, 0.717) is 5.69 Å². The standard InChI is InChI=1S/C12H13N5O/c1-17(2)11-7-9(3-4-15-11)16-12(18)10-8-13-5-6-14-10/h3-8H,1-2H3,(H,15,16,18). The van der Waals surface area contributed by atoms with Crippen molar-refractivity contribution in [3.8, 4) is 0 Å². The van der Waals surface area contributed by atoms with E-state index in [-0.39, 0.29) is 11.6 Å². The van der Waals surface area contributed by atoms with Gasteiger partial charge < -0.3 is 10.2 Å². The zero-order chi connectivity index (χ0) is 13.0. The molecule has 0 atom stereocenters. The summed E-state index contributed by atoms with van der Waals surface area (Å²) < 4.78 is 0. The number of nitrogens with zero attached hydrogens (tertiary/aromatic N) is 4. The van der Waals surface area contributed by atoms with E-state index in [4.69, 9.17) is 0 Å². The van der Waals surface area contributed by atoms with E-state index < -0.39 is 0 Å². The molecule has 2 aromatic heterocycles. The Morgan fingerprint density at radius 2 is 2.06 bits per heavy atom. The van der Waals surface area contributed by atoms with Gasteiger partial charge in [0.1, 0.15) is 11.5 Å². The normalized spacial score (nSPS) is 9.89. The molecule has 18 heavy (non-hydrogen) atoms. The highest BCUT2D eigenvalue weighted by atomic mass is 16.1. The lowest BCUT2D eigenvalue weighted by atomic mass is 10.3. The SMILES string of the molecule is CN(C)c1cc(NC(=O)c2cnccn2)ccn1. The molecule has 0 radical (unpaired) electrons. The molecule has 0 bridgehead atoms. The van der Waals surface area contributed by atoms with Crippen LogP contribution in [0.25, 0.3) is 0 Å². The Morgan fingerprint density at radius 1 is 1.22 bits per heavy atom. The third kappa shape index (κ3) is 2.79. The first-order valence-corrected chi connectivity index (χ1v) is 5.37. The number of hydrogen-bond acceptors (Lipinski definition) is 5. The lowest BCUT2D eigenvalue weighted by molar-refractivity contribution is 0.102. The largest absolute Gasteiger partial charge is 0.363 e. The highest BCUT2D eigenvalue weighted by molar-refractivity contribution is 6.02. The summed E-state index contributed by atoms with van der Waals surface area (Å²) in [6, 6.07) is 3.51. The maximum Gasteiger partial charge on any atom is 0.275 e. The van der Waals surface area contributed by atoms with Gasteiger partial charge in [0.15, 0.2) is 0 Å². The monoisotopic (exact) mass is 243 g/mol. The molecule has 2 heterocycles. The van der Waals surface area contributed by atoms with Crippen LogP contribution >= 0.6 is 0 Å². The molecule has 0 saturated heterocycles. The van der Waals surface area contributed by atoms with Crippen LogP contribution in [0.1, 0.15) is 10.5 Å². The van der Waals surface area contributed by atoms with Crippen LogP contribution in [-0.4, -0.2) is 35.0 Å². The van der Waals surface area contributed by atoms with E-state index in [1.807, 2.05) is 19.0 Å². The minimum Gasteiger partial charge on any atom is -0.363 e. The lowest BCUT2D eigenvalue weighted by Crippen LogP contribution is -2.15. The fourth-order valence-electron chi connectivity index (χ4n) is 1.35. The summed E-state index contributed by atoms with van der Waals surface area (Å²) in [5.41, 5.74) is 0.949. The molecule has 6 nitrogen and oxygen atoms in total. The van der Waals surface area contributed by atoms with Crippen molar-refractivity contribution in [3.05, 3.63) is 42.6 Å². The van der Waals surface area contributed by atoms with Crippen molar-refractivity contribution in [2.24, 2.45) is 0 Å². The van der Waals surface area contributed by atoms with Crippen LogP contribution in [0.5, 0.6) is 0 Å². The van der Waals surface area contributed by atoms with Gasteiger partial charge in [0.25, 0.3) is 5.91 Å². The van der Waals surface area contributed by atoms with Gasteiger partial charge in [-0.3, -0.25) is 9.78 Å². The van der Waals surface area contributed by atoms with Crippen molar-refractivity contribution >= 4 is 17.4 Å². The molecule has 0 aliphatic rings.